The second-order valence-electron chi connectivity index (χ2n) is 5.34. The van der Waals surface area contributed by atoms with Crippen molar-refractivity contribution >= 4 is 23.4 Å². The molecule has 0 spiro atoms. The molecule has 0 saturated heterocycles. The molecule has 0 radical (unpaired) electrons. The Morgan fingerprint density at radius 1 is 1.19 bits per heavy atom. The zero-order valence-electron chi connectivity index (χ0n) is 10.6. The molecule has 1 aromatic rings. The summed E-state index contributed by atoms with van der Waals surface area (Å²) in [5.74, 6) is 2.42. The van der Waals surface area contributed by atoms with E-state index in [9.17, 15) is 0 Å². The Bertz CT molecular complexity index is 311. The van der Waals surface area contributed by atoms with E-state index < -0.39 is 0 Å². The summed E-state index contributed by atoms with van der Waals surface area (Å²) < 4.78 is 0. The molecule has 1 aromatic carbocycles. The Morgan fingerprint density at radius 2 is 1.75 bits per heavy atom. The van der Waals surface area contributed by atoms with E-state index in [1.807, 2.05) is 11.8 Å². The quantitative estimate of drug-likeness (QED) is 0.543. The van der Waals surface area contributed by atoms with Crippen LogP contribution in [0.3, 0.4) is 0 Å². The number of halogens is 1. The van der Waals surface area contributed by atoms with E-state index >= 15 is 0 Å². The van der Waals surface area contributed by atoms with Crippen LogP contribution >= 0.6 is 23.4 Å². The number of alkyl halides is 1. The number of benzene rings is 1. The molecule has 1 unspecified atom stereocenters. The van der Waals surface area contributed by atoms with Crippen LogP contribution in [-0.2, 0) is 5.41 Å². The molecule has 0 fully saturated rings. The first kappa shape index (κ1) is 13.9. The summed E-state index contributed by atoms with van der Waals surface area (Å²) in [6.45, 7) is 8.91. The highest BCUT2D eigenvalue weighted by Crippen LogP contribution is 2.26. The van der Waals surface area contributed by atoms with E-state index in [4.69, 9.17) is 11.6 Å². The summed E-state index contributed by atoms with van der Waals surface area (Å²) >= 11 is 7.68. The topological polar surface area (TPSA) is 0 Å². The molecule has 0 aliphatic rings. The third-order valence-corrected chi connectivity index (χ3v) is 4.39. The Labute approximate surface area is 109 Å². The monoisotopic (exact) mass is 256 g/mol. The molecule has 16 heavy (non-hydrogen) atoms. The Morgan fingerprint density at radius 3 is 2.19 bits per heavy atom. The molecule has 1 rings (SSSR count). The average Bonchev–Trinajstić information content (AvgIpc) is 2.25. The van der Waals surface area contributed by atoms with Crippen molar-refractivity contribution in [1.29, 1.82) is 0 Å². The number of hydrogen-bond acceptors (Lipinski definition) is 1. The van der Waals surface area contributed by atoms with Gasteiger partial charge < -0.3 is 0 Å². The largest absolute Gasteiger partial charge is 0.126 e. The summed E-state index contributed by atoms with van der Waals surface area (Å²) in [5, 5.41) is 0. The second-order valence-corrected chi connectivity index (χ2v) is 6.75. The van der Waals surface area contributed by atoms with Crippen molar-refractivity contribution in [1.82, 2.24) is 0 Å². The van der Waals surface area contributed by atoms with Gasteiger partial charge in [-0.1, -0.05) is 39.8 Å². The lowest BCUT2D eigenvalue weighted by molar-refractivity contribution is 0.589. The van der Waals surface area contributed by atoms with Gasteiger partial charge in [0.1, 0.15) is 0 Å². The smallest absolute Gasteiger partial charge is 0.0257 e. The highest BCUT2D eigenvalue weighted by molar-refractivity contribution is 7.99. The Hall–Kier alpha value is -0.140. The fourth-order valence-electron chi connectivity index (χ4n) is 1.33. The predicted molar refractivity (Wildman–Crippen MR) is 75.8 cm³/mol. The molecule has 1 atom stereocenters. The summed E-state index contributed by atoms with van der Waals surface area (Å²) in [4.78, 5) is 1.34. The lowest BCUT2D eigenvalue weighted by Gasteiger charge is -2.19. The minimum Gasteiger partial charge on any atom is -0.126 e. The van der Waals surface area contributed by atoms with Gasteiger partial charge in [-0.05, 0) is 29.0 Å². The van der Waals surface area contributed by atoms with Crippen LogP contribution in [0, 0.1) is 5.92 Å². The predicted octanol–water partition coefficient (Wildman–Crippen LogP) is 4.95. The van der Waals surface area contributed by atoms with E-state index in [0.717, 1.165) is 11.6 Å². The average molecular weight is 257 g/mol. The van der Waals surface area contributed by atoms with Gasteiger partial charge in [0, 0.05) is 16.5 Å². The van der Waals surface area contributed by atoms with Crippen molar-refractivity contribution in [3.63, 3.8) is 0 Å². The fraction of sp³-hybridized carbons (Fsp3) is 0.571. The van der Waals surface area contributed by atoms with Crippen LogP contribution in [0.2, 0.25) is 0 Å². The minimum absolute atomic E-state index is 0.243. The first-order chi connectivity index (χ1) is 7.43. The van der Waals surface area contributed by atoms with Crippen molar-refractivity contribution in [3.8, 4) is 0 Å². The standard InChI is InChI=1S/C14H21ClS/c1-11(9-15)10-16-13-7-5-12(6-8-13)14(2,3)4/h5-8,11H,9-10H2,1-4H3. The number of hydrogen-bond donors (Lipinski definition) is 0. The minimum atomic E-state index is 0.243. The molecule has 0 aliphatic carbocycles. The molecule has 90 valence electrons. The van der Waals surface area contributed by atoms with Crippen molar-refractivity contribution in [2.75, 3.05) is 11.6 Å². The van der Waals surface area contributed by atoms with Gasteiger partial charge in [0.25, 0.3) is 0 Å². The van der Waals surface area contributed by atoms with Crippen molar-refractivity contribution in [2.24, 2.45) is 5.92 Å². The van der Waals surface area contributed by atoms with E-state index in [-0.39, 0.29) is 5.41 Å². The maximum absolute atomic E-state index is 5.79. The van der Waals surface area contributed by atoms with E-state index in [1.54, 1.807) is 0 Å². The molecule has 0 amide bonds. The highest BCUT2D eigenvalue weighted by atomic mass is 35.5. The summed E-state index contributed by atoms with van der Waals surface area (Å²) in [5.41, 5.74) is 1.63. The number of rotatable bonds is 4. The molecule has 0 N–H and O–H groups in total. The first-order valence-corrected chi connectivity index (χ1v) is 7.25. The van der Waals surface area contributed by atoms with Crippen LogP contribution < -0.4 is 0 Å². The van der Waals surface area contributed by atoms with Crippen LogP contribution in [0.5, 0.6) is 0 Å². The third kappa shape index (κ3) is 4.39. The molecule has 0 aromatic heterocycles. The summed E-state index contributed by atoms with van der Waals surface area (Å²) in [6.07, 6.45) is 0. The molecule has 0 aliphatic heterocycles. The lowest BCUT2D eigenvalue weighted by atomic mass is 9.87. The molecule has 0 saturated carbocycles. The molecule has 0 nitrogen and oxygen atoms in total. The van der Waals surface area contributed by atoms with Crippen LogP contribution in [0.1, 0.15) is 33.3 Å². The van der Waals surface area contributed by atoms with Gasteiger partial charge in [-0.3, -0.25) is 0 Å². The van der Waals surface area contributed by atoms with E-state index in [0.29, 0.717) is 5.92 Å². The maximum atomic E-state index is 5.79. The van der Waals surface area contributed by atoms with E-state index in [2.05, 4.69) is 52.0 Å². The third-order valence-electron chi connectivity index (χ3n) is 2.52. The van der Waals surface area contributed by atoms with Crippen LogP contribution in [0.25, 0.3) is 0 Å². The Kier molecular flexibility index (Phi) is 5.20. The van der Waals surface area contributed by atoms with E-state index in [1.165, 1.54) is 10.5 Å². The summed E-state index contributed by atoms with van der Waals surface area (Å²) in [7, 11) is 0. The van der Waals surface area contributed by atoms with Gasteiger partial charge in [0.2, 0.25) is 0 Å². The molecular formula is C14H21ClS. The summed E-state index contributed by atoms with van der Waals surface area (Å²) in [6, 6.07) is 8.89. The van der Waals surface area contributed by atoms with Crippen LogP contribution in [0.4, 0.5) is 0 Å². The molecule has 0 heterocycles. The normalized spacial score (nSPS) is 13.8. The number of thioether (sulfide) groups is 1. The van der Waals surface area contributed by atoms with Crippen molar-refractivity contribution in [2.45, 2.75) is 38.0 Å². The zero-order chi connectivity index (χ0) is 12.2. The second kappa shape index (κ2) is 5.97. The zero-order valence-corrected chi connectivity index (χ0v) is 12.2. The van der Waals surface area contributed by atoms with Gasteiger partial charge in [-0.2, -0.15) is 0 Å². The molecule has 2 heteroatoms. The van der Waals surface area contributed by atoms with Gasteiger partial charge in [-0.15, -0.1) is 23.4 Å². The van der Waals surface area contributed by atoms with Crippen LogP contribution in [-0.4, -0.2) is 11.6 Å². The van der Waals surface area contributed by atoms with Crippen molar-refractivity contribution in [3.05, 3.63) is 29.8 Å². The van der Waals surface area contributed by atoms with Gasteiger partial charge in [0.05, 0.1) is 0 Å². The first-order valence-electron chi connectivity index (χ1n) is 5.73. The van der Waals surface area contributed by atoms with Crippen molar-refractivity contribution < 1.29 is 0 Å². The van der Waals surface area contributed by atoms with Crippen LogP contribution in [0.15, 0.2) is 29.2 Å². The van der Waals surface area contributed by atoms with Gasteiger partial charge >= 0.3 is 0 Å². The SMILES string of the molecule is CC(CCl)CSc1ccc(C(C)(C)C)cc1. The fourth-order valence-corrected chi connectivity index (χ4v) is 2.50. The Balaban J connectivity index is 2.58. The molecule has 0 bridgehead atoms. The lowest BCUT2D eigenvalue weighted by Crippen LogP contribution is -2.10. The van der Waals surface area contributed by atoms with Gasteiger partial charge in [0.15, 0.2) is 0 Å². The molecular weight excluding hydrogens is 236 g/mol. The van der Waals surface area contributed by atoms with Gasteiger partial charge in [-0.25, -0.2) is 0 Å². The maximum Gasteiger partial charge on any atom is 0.0257 e. The highest BCUT2D eigenvalue weighted by Gasteiger charge is 2.12.